The van der Waals surface area contributed by atoms with Gasteiger partial charge in [-0.05, 0) is 13.8 Å². The molecule has 0 unspecified atom stereocenters. The van der Waals surface area contributed by atoms with Crippen LogP contribution >= 0.6 is 7.82 Å². The van der Waals surface area contributed by atoms with Gasteiger partial charge in [0.05, 0.1) is 20.3 Å². The van der Waals surface area contributed by atoms with Gasteiger partial charge >= 0.3 is 7.82 Å². The van der Waals surface area contributed by atoms with E-state index in [1.165, 1.54) is 0 Å². The average molecular weight is 262 g/mol. The maximum absolute atomic E-state index is 11.6. The van der Waals surface area contributed by atoms with Crippen molar-refractivity contribution in [1.29, 1.82) is 0 Å². The zero-order valence-electron chi connectivity index (χ0n) is 8.83. The van der Waals surface area contributed by atoms with Crippen LogP contribution < -0.4 is 0 Å². The molecule has 7 nitrogen and oxygen atoms in total. The Hall–Kier alpha value is 0.0200. The number of phosphoric acid groups is 1. The van der Waals surface area contributed by atoms with Crippen LogP contribution in [0.4, 0.5) is 0 Å². The van der Waals surface area contributed by atoms with E-state index in [0.29, 0.717) is 0 Å². The normalized spacial score (nSPS) is 13.0. The molecule has 0 amide bonds. The Morgan fingerprint density at radius 2 is 1.53 bits per heavy atom. The fourth-order valence-electron chi connectivity index (χ4n) is 0.605. The van der Waals surface area contributed by atoms with Gasteiger partial charge in [0.1, 0.15) is 0 Å². The van der Waals surface area contributed by atoms with Gasteiger partial charge in [-0.15, -0.1) is 0 Å². The minimum absolute atomic E-state index is 0.0876. The van der Waals surface area contributed by atoms with Gasteiger partial charge in [0.2, 0.25) is 0 Å². The molecular formula is C6H15O7PS. The largest absolute Gasteiger partial charge is 0.475 e. The molecule has 0 rings (SSSR count). The van der Waals surface area contributed by atoms with Crippen molar-refractivity contribution >= 4 is 17.9 Å². The third kappa shape index (κ3) is 6.24. The summed E-state index contributed by atoms with van der Waals surface area (Å²) in [6, 6.07) is 0. The summed E-state index contributed by atoms with van der Waals surface area (Å²) in [5.74, 6) is -0.874. The molecule has 0 N–H and O–H groups in total. The predicted octanol–water partition coefficient (Wildman–Crippen LogP) is 1.12. The molecule has 0 aliphatic carbocycles. The lowest BCUT2D eigenvalue weighted by Gasteiger charge is -2.15. The Balaban J connectivity index is 4.37. The van der Waals surface area contributed by atoms with Crippen LogP contribution in [0, 0.1) is 0 Å². The highest BCUT2D eigenvalue weighted by molar-refractivity contribution is 7.86. The fraction of sp³-hybridized carbons (Fsp3) is 1.00. The molecule has 0 aromatic heterocycles. The highest BCUT2D eigenvalue weighted by Gasteiger charge is 2.28. The summed E-state index contributed by atoms with van der Waals surface area (Å²) in [6.07, 6.45) is 0. The Morgan fingerprint density at radius 1 is 1.07 bits per heavy atom. The molecular weight excluding hydrogens is 247 g/mol. The third-order valence-electron chi connectivity index (χ3n) is 1.18. The van der Waals surface area contributed by atoms with E-state index in [9.17, 15) is 13.0 Å². The molecule has 0 fully saturated rings. The first kappa shape index (κ1) is 15.0. The average Bonchev–Trinajstić information content (AvgIpc) is 2.16. The van der Waals surface area contributed by atoms with Crippen molar-refractivity contribution in [3.63, 3.8) is 0 Å². The summed E-state index contributed by atoms with van der Waals surface area (Å²) < 4.78 is 51.4. The molecule has 15 heavy (non-hydrogen) atoms. The molecule has 0 saturated carbocycles. The van der Waals surface area contributed by atoms with E-state index in [1.807, 2.05) is 0 Å². The quantitative estimate of drug-likeness (QED) is 0.478. The predicted molar refractivity (Wildman–Crippen MR) is 52.7 cm³/mol. The minimum Gasteiger partial charge on any atom is -0.287 e. The van der Waals surface area contributed by atoms with E-state index in [-0.39, 0.29) is 13.2 Å². The lowest BCUT2D eigenvalue weighted by molar-refractivity contribution is 0.133. The zero-order valence-corrected chi connectivity index (χ0v) is 10.5. The summed E-state index contributed by atoms with van der Waals surface area (Å²) >= 11 is 0. The van der Waals surface area contributed by atoms with E-state index in [4.69, 9.17) is 9.05 Å². The molecule has 0 atom stereocenters. The lowest BCUT2D eigenvalue weighted by Crippen LogP contribution is -2.11. The van der Waals surface area contributed by atoms with Gasteiger partial charge in [0, 0.05) is 0 Å². The van der Waals surface area contributed by atoms with Crippen LogP contribution in [-0.2, 0) is 32.4 Å². The van der Waals surface area contributed by atoms with Crippen molar-refractivity contribution in [2.45, 2.75) is 13.8 Å². The van der Waals surface area contributed by atoms with Crippen LogP contribution in [0.3, 0.4) is 0 Å². The summed E-state index contributed by atoms with van der Waals surface area (Å²) in [6.45, 7) is 3.34. The molecule has 0 aromatic rings. The van der Waals surface area contributed by atoms with Crippen LogP contribution in [0.25, 0.3) is 0 Å². The van der Waals surface area contributed by atoms with Crippen LogP contribution in [0.1, 0.15) is 13.8 Å². The van der Waals surface area contributed by atoms with Gasteiger partial charge in [-0.2, -0.15) is 8.42 Å². The highest BCUT2D eigenvalue weighted by atomic mass is 32.2. The van der Waals surface area contributed by atoms with E-state index in [2.05, 4.69) is 8.71 Å². The van der Waals surface area contributed by atoms with Crippen molar-refractivity contribution in [1.82, 2.24) is 0 Å². The van der Waals surface area contributed by atoms with Crippen LogP contribution in [0.5, 0.6) is 0 Å². The summed E-state index contributed by atoms with van der Waals surface area (Å²) in [4.78, 5) is 0. The summed E-state index contributed by atoms with van der Waals surface area (Å²) in [7, 11) is -6.65. The minimum atomic E-state index is -3.84. The lowest BCUT2D eigenvalue weighted by atomic mass is 10.9. The molecule has 0 aliphatic heterocycles. The highest BCUT2D eigenvalue weighted by Crippen LogP contribution is 2.49. The van der Waals surface area contributed by atoms with E-state index in [1.54, 1.807) is 13.8 Å². The van der Waals surface area contributed by atoms with Crippen LogP contribution in [-0.4, -0.2) is 34.7 Å². The molecule has 0 spiro atoms. The number of phosphoric ester groups is 1. The fourth-order valence-corrected chi connectivity index (χ4v) is 2.59. The molecule has 0 heterocycles. The smallest absolute Gasteiger partial charge is 0.287 e. The number of hydrogen-bond acceptors (Lipinski definition) is 7. The van der Waals surface area contributed by atoms with Gasteiger partial charge < -0.3 is 0 Å². The maximum Gasteiger partial charge on any atom is 0.475 e. The molecule has 0 radical (unpaired) electrons. The molecule has 0 bridgehead atoms. The number of rotatable bonds is 8. The van der Waals surface area contributed by atoms with Crippen molar-refractivity contribution in [3.05, 3.63) is 0 Å². The van der Waals surface area contributed by atoms with Crippen LogP contribution in [0.2, 0.25) is 0 Å². The first-order chi connectivity index (χ1) is 6.89. The maximum atomic E-state index is 11.6. The van der Waals surface area contributed by atoms with Crippen molar-refractivity contribution in [2.75, 3.05) is 26.3 Å². The zero-order chi connectivity index (χ0) is 11.9. The number of hydrogen-bond donors (Lipinski definition) is 0. The van der Waals surface area contributed by atoms with Crippen molar-refractivity contribution in [3.8, 4) is 0 Å². The molecule has 9 heteroatoms. The van der Waals surface area contributed by atoms with E-state index < -0.39 is 23.9 Å². The molecule has 0 aliphatic rings. The van der Waals surface area contributed by atoms with Crippen LogP contribution in [0.15, 0.2) is 0 Å². The van der Waals surface area contributed by atoms with Gasteiger partial charge in [-0.3, -0.25) is 17.8 Å². The molecule has 0 saturated heterocycles. The summed E-state index contributed by atoms with van der Waals surface area (Å²) in [5, 5.41) is 0. The Labute approximate surface area is 89.4 Å². The Bertz CT molecular complexity index is 301. The van der Waals surface area contributed by atoms with Crippen molar-refractivity contribution < 1.29 is 30.7 Å². The first-order valence-electron chi connectivity index (χ1n) is 4.21. The van der Waals surface area contributed by atoms with Gasteiger partial charge in [0.25, 0.3) is 10.1 Å². The topological polar surface area (TPSA) is 88.1 Å². The SMILES string of the molecule is CCOP(=O)(OCC)OCS(=O)(=O)OC. The van der Waals surface area contributed by atoms with Gasteiger partial charge in [-0.25, -0.2) is 4.57 Å². The Kier molecular flexibility index (Phi) is 6.58. The molecule has 0 aromatic carbocycles. The second-order valence-corrected chi connectivity index (χ2v) is 5.61. The second kappa shape index (κ2) is 6.57. The third-order valence-corrected chi connectivity index (χ3v) is 3.87. The van der Waals surface area contributed by atoms with Gasteiger partial charge in [-0.1, -0.05) is 0 Å². The van der Waals surface area contributed by atoms with E-state index in [0.717, 1.165) is 7.11 Å². The monoisotopic (exact) mass is 262 g/mol. The van der Waals surface area contributed by atoms with Crippen molar-refractivity contribution in [2.24, 2.45) is 0 Å². The first-order valence-corrected chi connectivity index (χ1v) is 7.25. The Morgan fingerprint density at radius 3 is 1.87 bits per heavy atom. The summed E-state index contributed by atoms with van der Waals surface area (Å²) in [5.41, 5.74) is 0. The van der Waals surface area contributed by atoms with E-state index >= 15 is 0 Å². The molecule has 92 valence electrons. The standard InChI is InChI=1S/C6H15O7PS/c1-4-11-14(7,12-5-2)13-6-15(8,9)10-3/h4-6H2,1-3H3. The second-order valence-electron chi connectivity index (χ2n) is 2.25. The van der Waals surface area contributed by atoms with Gasteiger partial charge in [0.15, 0.2) is 5.94 Å².